The summed E-state index contributed by atoms with van der Waals surface area (Å²) < 4.78 is 40.6. The van der Waals surface area contributed by atoms with Gasteiger partial charge in [0.05, 0.1) is 5.56 Å². The first-order valence-corrected chi connectivity index (χ1v) is 7.01. The number of pyridine rings is 1. The zero-order chi connectivity index (χ0) is 16.2. The van der Waals surface area contributed by atoms with Crippen molar-refractivity contribution in [3.8, 4) is 5.88 Å². The molecule has 130 valence electrons. The number of alkyl halides is 3. The number of nitrogens with one attached hydrogen (secondary N) is 1. The molecule has 0 bridgehead atoms. The van der Waals surface area contributed by atoms with Crippen molar-refractivity contribution in [1.82, 2.24) is 15.2 Å². The fraction of sp³-hybridized carbons (Fsp3) is 0.571. The van der Waals surface area contributed by atoms with Crippen molar-refractivity contribution in [2.24, 2.45) is 0 Å². The Balaban J connectivity index is 0.00000264. The van der Waals surface area contributed by atoms with Crippen LogP contribution in [0.5, 0.6) is 5.88 Å². The molecule has 23 heavy (non-hydrogen) atoms. The SMILES string of the molecule is CNC1CCCN(C(=O)c2ccc(OCC(F)(F)F)nc2)C1.Cl. The number of halogens is 4. The van der Waals surface area contributed by atoms with Gasteiger partial charge in [-0.05, 0) is 26.0 Å². The summed E-state index contributed by atoms with van der Waals surface area (Å²) in [5, 5.41) is 3.14. The van der Waals surface area contributed by atoms with Crippen LogP contribution in [0.3, 0.4) is 0 Å². The van der Waals surface area contributed by atoms with E-state index >= 15 is 0 Å². The molecule has 1 N–H and O–H groups in total. The number of ether oxygens (including phenoxy) is 1. The van der Waals surface area contributed by atoms with Gasteiger partial charge in [0.15, 0.2) is 6.61 Å². The standard InChI is InChI=1S/C14H18F3N3O2.ClH/c1-18-11-3-2-6-20(8-11)13(21)10-4-5-12(19-7-10)22-9-14(15,16)17;/h4-5,7,11,18H,2-3,6,8-9H2,1H3;1H. The molecule has 2 rings (SSSR count). The molecule has 1 atom stereocenters. The summed E-state index contributed by atoms with van der Waals surface area (Å²) in [4.78, 5) is 17.8. The van der Waals surface area contributed by atoms with Crippen LogP contribution in [0.4, 0.5) is 13.2 Å². The van der Waals surface area contributed by atoms with Crippen LogP contribution >= 0.6 is 12.4 Å². The molecule has 1 unspecified atom stereocenters. The van der Waals surface area contributed by atoms with Gasteiger partial charge in [-0.3, -0.25) is 4.79 Å². The maximum Gasteiger partial charge on any atom is 0.422 e. The fourth-order valence-corrected chi connectivity index (χ4v) is 2.33. The van der Waals surface area contributed by atoms with Gasteiger partial charge in [-0.15, -0.1) is 12.4 Å². The lowest BCUT2D eigenvalue weighted by Crippen LogP contribution is -2.46. The predicted molar refractivity (Wildman–Crippen MR) is 81.0 cm³/mol. The van der Waals surface area contributed by atoms with Crippen molar-refractivity contribution in [3.63, 3.8) is 0 Å². The Hall–Kier alpha value is -1.54. The minimum absolute atomic E-state index is 0. The quantitative estimate of drug-likeness (QED) is 0.902. The van der Waals surface area contributed by atoms with Crippen LogP contribution in [0.2, 0.25) is 0 Å². The van der Waals surface area contributed by atoms with Gasteiger partial charge < -0.3 is 15.0 Å². The average molecular weight is 354 g/mol. The maximum atomic E-state index is 12.3. The molecule has 1 fully saturated rings. The lowest BCUT2D eigenvalue weighted by atomic mass is 10.1. The first kappa shape index (κ1) is 19.5. The van der Waals surface area contributed by atoms with Crippen molar-refractivity contribution in [3.05, 3.63) is 23.9 Å². The van der Waals surface area contributed by atoms with E-state index in [0.29, 0.717) is 18.7 Å². The molecular formula is C14H19ClF3N3O2. The number of rotatable bonds is 4. The molecule has 1 aliphatic rings. The van der Waals surface area contributed by atoms with E-state index in [1.165, 1.54) is 18.3 Å². The van der Waals surface area contributed by atoms with Crippen LogP contribution in [0.1, 0.15) is 23.2 Å². The van der Waals surface area contributed by atoms with Crippen molar-refractivity contribution in [2.75, 3.05) is 26.7 Å². The van der Waals surface area contributed by atoms with Crippen LogP contribution in [-0.4, -0.2) is 54.8 Å². The molecule has 9 heteroatoms. The van der Waals surface area contributed by atoms with Gasteiger partial charge in [-0.1, -0.05) is 0 Å². The number of aromatic nitrogens is 1. The molecule has 0 saturated carbocycles. The maximum absolute atomic E-state index is 12.3. The van der Waals surface area contributed by atoms with E-state index in [1.54, 1.807) is 4.90 Å². The second-order valence-electron chi connectivity index (χ2n) is 5.17. The summed E-state index contributed by atoms with van der Waals surface area (Å²) in [7, 11) is 1.85. The van der Waals surface area contributed by atoms with Crippen LogP contribution in [-0.2, 0) is 0 Å². The first-order valence-electron chi connectivity index (χ1n) is 7.01. The fourth-order valence-electron chi connectivity index (χ4n) is 2.33. The summed E-state index contributed by atoms with van der Waals surface area (Å²) in [6.45, 7) is -0.117. The Morgan fingerprint density at radius 2 is 2.22 bits per heavy atom. The Kier molecular flexibility index (Phi) is 7.08. The first-order chi connectivity index (χ1) is 10.4. The monoisotopic (exact) mass is 353 g/mol. The van der Waals surface area contributed by atoms with E-state index in [2.05, 4.69) is 15.0 Å². The molecule has 1 aliphatic heterocycles. The van der Waals surface area contributed by atoms with E-state index in [0.717, 1.165) is 12.8 Å². The van der Waals surface area contributed by atoms with Gasteiger partial charge in [0.1, 0.15) is 0 Å². The van der Waals surface area contributed by atoms with E-state index in [-0.39, 0.29) is 30.2 Å². The van der Waals surface area contributed by atoms with Crippen LogP contribution in [0.15, 0.2) is 18.3 Å². The largest absolute Gasteiger partial charge is 0.468 e. The third kappa shape index (κ3) is 5.87. The predicted octanol–water partition coefficient (Wildman–Crippen LogP) is 2.27. The molecule has 2 heterocycles. The molecule has 5 nitrogen and oxygen atoms in total. The summed E-state index contributed by atoms with van der Waals surface area (Å²) in [5.41, 5.74) is 0.344. The van der Waals surface area contributed by atoms with Crippen molar-refractivity contribution in [2.45, 2.75) is 25.1 Å². The number of piperidine rings is 1. The Morgan fingerprint density at radius 3 is 2.78 bits per heavy atom. The molecule has 1 amide bonds. The summed E-state index contributed by atoms with van der Waals surface area (Å²) >= 11 is 0. The summed E-state index contributed by atoms with van der Waals surface area (Å²) in [5.74, 6) is -0.324. The summed E-state index contributed by atoms with van der Waals surface area (Å²) in [6.07, 6.45) is -1.23. The number of hydrogen-bond acceptors (Lipinski definition) is 4. The molecule has 1 aromatic heterocycles. The topological polar surface area (TPSA) is 54.5 Å². The number of carbonyl (C=O) groups is 1. The molecule has 0 aliphatic carbocycles. The smallest absolute Gasteiger partial charge is 0.422 e. The van der Waals surface area contributed by atoms with Crippen LogP contribution < -0.4 is 10.1 Å². The van der Waals surface area contributed by atoms with E-state index < -0.39 is 12.8 Å². The number of likely N-dealkylation sites (tertiary alicyclic amines) is 1. The molecule has 0 spiro atoms. The number of likely N-dealkylation sites (N-methyl/N-ethyl adjacent to an activating group) is 1. The van der Waals surface area contributed by atoms with Gasteiger partial charge in [-0.25, -0.2) is 4.98 Å². The van der Waals surface area contributed by atoms with E-state index in [1.807, 2.05) is 7.05 Å². The molecule has 1 aromatic rings. The lowest BCUT2D eigenvalue weighted by Gasteiger charge is -2.32. The Morgan fingerprint density at radius 1 is 1.48 bits per heavy atom. The van der Waals surface area contributed by atoms with Gasteiger partial charge in [0.25, 0.3) is 5.91 Å². The third-order valence-electron chi connectivity index (χ3n) is 3.48. The van der Waals surface area contributed by atoms with Gasteiger partial charge in [-0.2, -0.15) is 13.2 Å². The van der Waals surface area contributed by atoms with Crippen molar-refractivity contribution >= 4 is 18.3 Å². The number of amides is 1. The van der Waals surface area contributed by atoms with E-state index in [4.69, 9.17) is 0 Å². The highest BCUT2D eigenvalue weighted by Gasteiger charge is 2.29. The van der Waals surface area contributed by atoms with Gasteiger partial charge in [0.2, 0.25) is 5.88 Å². The van der Waals surface area contributed by atoms with Crippen molar-refractivity contribution < 1.29 is 22.7 Å². The highest BCUT2D eigenvalue weighted by molar-refractivity contribution is 5.94. The molecule has 0 aromatic carbocycles. The number of carbonyl (C=O) groups excluding carboxylic acids is 1. The second kappa shape index (κ2) is 8.35. The zero-order valence-corrected chi connectivity index (χ0v) is 13.4. The molecule has 1 saturated heterocycles. The third-order valence-corrected chi connectivity index (χ3v) is 3.48. The minimum atomic E-state index is -4.41. The van der Waals surface area contributed by atoms with Crippen LogP contribution in [0, 0.1) is 0 Å². The average Bonchev–Trinajstić information content (AvgIpc) is 2.52. The number of hydrogen-bond donors (Lipinski definition) is 1. The normalized spacial score (nSPS) is 18.3. The van der Waals surface area contributed by atoms with Crippen molar-refractivity contribution in [1.29, 1.82) is 0 Å². The molecule has 0 radical (unpaired) electrons. The van der Waals surface area contributed by atoms with Gasteiger partial charge >= 0.3 is 6.18 Å². The Bertz CT molecular complexity index is 511. The zero-order valence-electron chi connectivity index (χ0n) is 12.6. The van der Waals surface area contributed by atoms with Gasteiger partial charge in [0, 0.05) is 31.4 Å². The van der Waals surface area contributed by atoms with Crippen LogP contribution in [0.25, 0.3) is 0 Å². The highest BCUT2D eigenvalue weighted by Crippen LogP contribution is 2.18. The van der Waals surface area contributed by atoms with E-state index in [9.17, 15) is 18.0 Å². The molecular weight excluding hydrogens is 335 g/mol. The highest BCUT2D eigenvalue weighted by atomic mass is 35.5. The lowest BCUT2D eigenvalue weighted by molar-refractivity contribution is -0.154. The Labute approximate surface area is 138 Å². The second-order valence-corrected chi connectivity index (χ2v) is 5.17. The number of nitrogens with zero attached hydrogens (tertiary/aromatic N) is 2. The summed E-state index contributed by atoms with van der Waals surface area (Å²) in [6, 6.07) is 2.97. The minimum Gasteiger partial charge on any atom is -0.468 e.